The number of phenols is 1. The summed E-state index contributed by atoms with van der Waals surface area (Å²) >= 11 is 1.50. The van der Waals surface area contributed by atoms with Gasteiger partial charge in [-0.15, -0.1) is 0 Å². The number of aromatic nitrogens is 2. The van der Waals surface area contributed by atoms with Crippen LogP contribution in [0.5, 0.6) is 5.75 Å². The Labute approximate surface area is 194 Å². The van der Waals surface area contributed by atoms with Crippen molar-refractivity contribution in [1.82, 2.24) is 14.9 Å². The SMILES string of the molecule is CSc1nc(C=CC2=CCC(O)C(N(C)C)=C2)cc(C=Cc2ccc(O)c(N(C)C)c2)n1. The number of phenolic OH excluding ortho intramolecular Hbond substituents is 1. The first-order chi connectivity index (χ1) is 15.3. The van der Waals surface area contributed by atoms with Crippen LogP contribution in [-0.2, 0) is 0 Å². The molecule has 0 amide bonds. The van der Waals surface area contributed by atoms with Crippen molar-refractivity contribution >= 4 is 35.7 Å². The molecule has 1 aromatic carbocycles. The zero-order valence-electron chi connectivity index (χ0n) is 19.1. The first-order valence-electron chi connectivity index (χ1n) is 10.3. The van der Waals surface area contributed by atoms with Crippen LogP contribution in [-0.4, -0.2) is 65.6 Å². The van der Waals surface area contributed by atoms with Crippen LogP contribution in [0, 0.1) is 0 Å². The number of thioether (sulfide) groups is 1. The standard InChI is InChI=1S/C25H30N4O2S/c1-28(2)21-14-17(8-12-23(21)30)6-10-19-16-20(27-25(26-19)32-5)11-7-18-9-13-24(31)22(15-18)29(3)4/h6-12,14-16,24,30-31H,13H2,1-5H3. The molecule has 0 saturated heterocycles. The highest BCUT2D eigenvalue weighted by Gasteiger charge is 2.15. The predicted molar refractivity (Wildman–Crippen MR) is 135 cm³/mol. The van der Waals surface area contributed by atoms with Crippen molar-refractivity contribution in [3.05, 3.63) is 70.7 Å². The number of anilines is 1. The molecule has 1 aliphatic carbocycles. The Hall–Kier alpha value is -3.03. The molecule has 0 spiro atoms. The number of allylic oxidation sites excluding steroid dienone is 3. The van der Waals surface area contributed by atoms with E-state index >= 15 is 0 Å². The van der Waals surface area contributed by atoms with E-state index < -0.39 is 6.10 Å². The number of benzene rings is 1. The maximum Gasteiger partial charge on any atom is 0.188 e. The highest BCUT2D eigenvalue weighted by Crippen LogP contribution is 2.27. The molecule has 32 heavy (non-hydrogen) atoms. The van der Waals surface area contributed by atoms with Crippen molar-refractivity contribution in [3.63, 3.8) is 0 Å². The molecule has 6 nitrogen and oxygen atoms in total. The summed E-state index contributed by atoms with van der Waals surface area (Å²) < 4.78 is 0. The fraction of sp³-hybridized carbons (Fsp3) is 0.280. The first kappa shape index (κ1) is 23.6. The van der Waals surface area contributed by atoms with Gasteiger partial charge in [0.25, 0.3) is 0 Å². The number of aliphatic hydroxyl groups excluding tert-OH is 1. The van der Waals surface area contributed by atoms with E-state index in [1.54, 1.807) is 6.07 Å². The first-order valence-corrected chi connectivity index (χ1v) is 11.6. The highest BCUT2D eigenvalue weighted by molar-refractivity contribution is 7.98. The quantitative estimate of drug-likeness (QED) is 0.482. The van der Waals surface area contributed by atoms with Gasteiger partial charge in [-0.05, 0) is 60.2 Å². The molecule has 0 fully saturated rings. The Morgan fingerprint density at radius 2 is 1.66 bits per heavy atom. The molecule has 1 aromatic heterocycles. The fourth-order valence-corrected chi connectivity index (χ4v) is 3.72. The second-order valence-corrected chi connectivity index (χ2v) is 8.71. The Kier molecular flexibility index (Phi) is 7.77. The zero-order chi connectivity index (χ0) is 23.3. The maximum absolute atomic E-state index is 10.1. The summed E-state index contributed by atoms with van der Waals surface area (Å²) in [4.78, 5) is 13.0. The lowest BCUT2D eigenvalue weighted by atomic mass is 10.0. The van der Waals surface area contributed by atoms with E-state index in [9.17, 15) is 10.2 Å². The van der Waals surface area contributed by atoms with Crippen molar-refractivity contribution in [1.29, 1.82) is 0 Å². The van der Waals surface area contributed by atoms with Gasteiger partial charge in [-0.25, -0.2) is 9.97 Å². The molecular formula is C25H30N4O2S. The second-order valence-electron chi connectivity index (χ2n) is 7.93. The Balaban J connectivity index is 1.84. The summed E-state index contributed by atoms with van der Waals surface area (Å²) in [6.45, 7) is 0. The maximum atomic E-state index is 10.1. The van der Waals surface area contributed by atoms with Crippen molar-refractivity contribution in [2.45, 2.75) is 17.7 Å². The van der Waals surface area contributed by atoms with E-state index in [0.717, 1.165) is 33.9 Å². The van der Waals surface area contributed by atoms with E-state index in [0.29, 0.717) is 11.6 Å². The lowest BCUT2D eigenvalue weighted by molar-refractivity contribution is 0.180. The molecule has 7 heteroatoms. The molecule has 0 saturated carbocycles. The van der Waals surface area contributed by atoms with Crippen molar-refractivity contribution in [2.75, 3.05) is 39.3 Å². The Bertz CT molecular complexity index is 1090. The van der Waals surface area contributed by atoms with Gasteiger partial charge in [-0.2, -0.15) is 0 Å². The second kappa shape index (κ2) is 10.5. The van der Waals surface area contributed by atoms with Gasteiger partial charge >= 0.3 is 0 Å². The van der Waals surface area contributed by atoms with Crippen LogP contribution in [0.1, 0.15) is 23.4 Å². The number of hydrogen-bond donors (Lipinski definition) is 2. The largest absolute Gasteiger partial charge is 0.506 e. The third-order valence-electron chi connectivity index (χ3n) is 5.05. The van der Waals surface area contributed by atoms with Crippen LogP contribution in [0.2, 0.25) is 0 Å². The Morgan fingerprint density at radius 3 is 2.28 bits per heavy atom. The molecule has 0 bridgehead atoms. The van der Waals surface area contributed by atoms with Gasteiger partial charge in [0.2, 0.25) is 0 Å². The van der Waals surface area contributed by atoms with Crippen LogP contribution in [0.3, 0.4) is 0 Å². The number of nitrogens with zero attached hydrogens (tertiary/aromatic N) is 4. The molecule has 1 atom stereocenters. The minimum Gasteiger partial charge on any atom is -0.506 e. The average molecular weight is 451 g/mol. The van der Waals surface area contributed by atoms with E-state index in [-0.39, 0.29) is 5.75 Å². The van der Waals surface area contributed by atoms with Gasteiger partial charge in [0, 0.05) is 33.9 Å². The lowest BCUT2D eigenvalue weighted by Crippen LogP contribution is -2.24. The van der Waals surface area contributed by atoms with Crippen molar-refractivity contribution in [2.24, 2.45) is 0 Å². The molecular weight excluding hydrogens is 420 g/mol. The summed E-state index contributed by atoms with van der Waals surface area (Å²) in [6, 6.07) is 7.44. The third-order valence-corrected chi connectivity index (χ3v) is 5.60. The summed E-state index contributed by atoms with van der Waals surface area (Å²) in [5.41, 5.74) is 5.30. The van der Waals surface area contributed by atoms with E-state index in [1.165, 1.54) is 11.8 Å². The lowest BCUT2D eigenvalue weighted by Gasteiger charge is -2.24. The van der Waals surface area contributed by atoms with Gasteiger partial charge in [-0.1, -0.05) is 36.1 Å². The monoisotopic (exact) mass is 450 g/mol. The van der Waals surface area contributed by atoms with Crippen LogP contribution in [0.15, 0.2) is 58.9 Å². The highest BCUT2D eigenvalue weighted by atomic mass is 32.2. The average Bonchev–Trinajstić information content (AvgIpc) is 2.77. The van der Waals surface area contributed by atoms with E-state index in [1.807, 2.05) is 98.9 Å². The molecule has 2 N–H and O–H groups in total. The Morgan fingerprint density at radius 1 is 0.969 bits per heavy atom. The van der Waals surface area contributed by atoms with Crippen LogP contribution in [0.4, 0.5) is 5.69 Å². The molecule has 2 aromatic rings. The molecule has 1 unspecified atom stereocenters. The van der Waals surface area contributed by atoms with Crippen LogP contribution >= 0.6 is 11.8 Å². The van der Waals surface area contributed by atoms with Crippen molar-refractivity contribution < 1.29 is 10.2 Å². The van der Waals surface area contributed by atoms with Crippen molar-refractivity contribution in [3.8, 4) is 5.75 Å². The number of hydrogen-bond acceptors (Lipinski definition) is 7. The smallest absolute Gasteiger partial charge is 0.188 e. The predicted octanol–water partition coefficient (Wildman–Crippen LogP) is 4.29. The van der Waals surface area contributed by atoms with E-state index in [2.05, 4.69) is 9.97 Å². The van der Waals surface area contributed by atoms with E-state index in [4.69, 9.17) is 0 Å². The number of aliphatic hydroxyl groups is 1. The van der Waals surface area contributed by atoms with Gasteiger partial charge < -0.3 is 20.0 Å². The molecule has 3 rings (SSSR count). The number of aromatic hydroxyl groups is 1. The van der Waals surface area contributed by atoms with Gasteiger partial charge in [0.05, 0.1) is 23.2 Å². The zero-order valence-corrected chi connectivity index (χ0v) is 20.0. The molecule has 0 aliphatic heterocycles. The molecule has 168 valence electrons. The third kappa shape index (κ3) is 6.02. The number of likely N-dealkylation sites (N-methyl/N-ethyl adjacent to an activating group) is 1. The van der Waals surface area contributed by atoms with Gasteiger partial charge in [0.15, 0.2) is 5.16 Å². The minimum absolute atomic E-state index is 0.252. The summed E-state index contributed by atoms with van der Waals surface area (Å²) in [6.07, 6.45) is 14.0. The summed E-state index contributed by atoms with van der Waals surface area (Å²) in [7, 11) is 7.67. The molecule has 0 radical (unpaired) electrons. The topological polar surface area (TPSA) is 72.7 Å². The summed E-state index contributed by atoms with van der Waals surface area (Å²) in [5.74, 6) is 0.252. The van der Waals surface area contributed by atoms with Gasteiger partial charge in [0.1, 0.15) is 5.75 Å². The molecule has 1 heterocycles. The molecule has 1 aliphatic rings. The van der Waals surface area contributed by atoms with Crippen LogP contribution in [0.25, 0.3) is 18.2 Å². The van der Waals surface area contributed by atoms with Gasteiger partial charge in [-0.3, -0.25) is 0 Å². The fourth-order valence-electron chi connectivity index (χ4n) is 3.33. The summed E-state index contributed by atoms with van der Waals surface area (Å²) in [5, 5.41) is 20.8. The normalized spacial score (nSPS) is 16.4. The van der Waals surface area contributed by atoms with Crippen LogP contribution < -0.4 is 4.90 Å². The number of rotatable bonds is 7. The minimum atomic E-state index is -0.464.